The van der Waals surface area contributed by atoms with Crippen molar-refractivity contribution >= 4 is 30.8 Å². The molecule has 0 aliphatic heterocycles. The van der Waals surface area contributed by atoms with Gasteiger partial charge in [0.05, 0.1) is 5.69 Å². The number of carbonyl (C=O) groups is 2. The minimum atomic E-state index is -0.575. The summed E-state index contributed by atoms with van der Waals surface area (Å²) in [5.74, 6) is -0.0155. The summed E-state index contributed by atoms with van der Waals surface area (Å²) in [5, 5.41) is 0. The molecule has 1 aromatic rings. The fourth-order valence-corrected chi connectivity index (χ4v) is 1.28. The molecule has 0 bridgehead atoms. The molecule has 0 atom stereocenters. The van der Waals surface area contributed by atoms with Crippen LogP contribution in [0.3, 0.4) is 0 Å². The lowest BCUT2D eigenvalue weighted by Crippen LogP contribution is -2.26. The van der Waals surface area contributed by atoms with Crippen LogP contribution in [0.5, 0.6) is 0 Å². The van der Waals surface area contributed by atoms with Gasteiger partial charge in [-0.15, -0.1) is 0 Å². The van der Waals surface area contributed by atoms with E-state index in [0.29, 0.717) is 11.4 Å². The van der Waals surface area contributed by atoms with E-state index in [9.17, 15) is 9.59 Å². The van der Waals surface area contributed by atoms with Crippen LogP contribution in [0.4, 0.5) is 4.79 Å². The van der Waals surface area contributed by atoms with Crippen LogP contribution in [-0.4, -0.2) is 39.6 Å². The van der Waals surface area contributed by atoms with Crippen molar-refractivity contribution in [3.05, 3.63) is 24.3 Å². The third-order valence-electron chi connectivity index (χ3n) is 1.93. The highest BCUT2D eigenvalue weighted by molar-refractivity contribution is 7.80. The molecule has 0 unspecified atom stereocenters. The van der Waals surface area contributed by atoms with Crippen molar-refractivity contribution in [3.63, 3.8) is 0 Å². The predicted molar refractivity (Wildman–Crippen MR) is 77.7 cm³/mol. The zero-order valence-corrected chi connectivity index (χ0v) is 12.6. The topological polar surface area (TPSA) is 70.4 Å². The Bertz CT molecular complexity index is 503. The lowest BCUT2D eigenvalue weighted by atomic mass is 10.2. The highest BCUT2D eigenvalue weighted by atomic mass is 32.1. The molecule has 0 radical (unpaired) electrons. The van der Waals surface area contributed by atoms with Gasteiger partial charge in [-0.1, -0.05) is 0 Å². The zero-order chi connectivity index (χ0) is 15.2. The van der Waals surface area contributed by atoms with Gasteiger partial charge in [0.2, 0.25) is 0 Å². The highest BCUT2D eigenvalue weighted by Crippen LogP contribution is 2.09. The van der Waals surface area contributed by atoms with Gasteiger partial charge >= 0.3 is 12.1 Å². The van der Waals surface area contributed by atoms with E-state index in [2.05, 4.69) is 17.6 Å². The number of imidazole rings is 1. The maximum atomic E-state index is 11.7. The summed E-state index contributed by atoms with van der Waals surface area (Å²) >= 11 is 3.92. The van der Waals surface area contributed by atoms with Gasteiger partial charge in [0.25, 0.3) is 0 Å². The summed E-state index contributed by atoms with van der Waals surface area (Å²) < 4.78 is 11.2. The molecule has 0 N–H and O–H groups in total. The van der Waals surface area contributed by atoms with Gasteiger partial charge in [0.1, 0.15) is 18.5 Å². The smallest absolute Gasteiger partial charge is 0.419 e. The van der Waals surface area contributed by atoms with Crippen LogP contribution in [0, 0.1) is 0 Å². The minimum absolute atomic E-state index is 0.249. The van der Waals surface area contributed by atoms with Gasteiger partial charge in [-0.3, -0.25) is 0 Å². The van der Waals surface area contributed by atoms with Crippen LogP contribution in [0.1, 0.15) is 26.5 Å². The molecular formula is C13H18N2O4S. The summed E-state index contributed by atoms with van der Waals surface area (Å²) in [7, 11) is 0. The molecule has 0 saturated heterocycles. The third-order valence-corrected chi connectivity index (χ3v) is 2.12. The van der Waals surface area contributed by atoms with E-state index in [1.54, 1.807) is 20.8 Å². The number of aromatic nitrogens is 2. The lowest BCUT2D eigenvalue weighted by molar-refractivity contribution is -0.137. The maximum absolute atomic E-state index is 11.7. The average molecular weight is 298 g/mol. The molecule has 0 aliphatic carbocycles. The SMILES string of the molecule is CC(C)(C)OC(=O)n1cnc(/C=C/C(=O)OCCS)c1. The number of hydrogen-bond acceptors (Lipinski definition) is 6. The molecular weight excluding hydrogens is 280 g/mol. The molecule has 7 heteroatoms. The van der Waals surface area contributed by atoms with Crippen LogP contribution < -0.4 is 0 Å². The molecule has 20 heavy (non-hydrogen) atoms. The summed E-state index contributed by atoms with van der Waals surface area (Å²) in [6.07, 6.45) is 4.97. The molecule has 1 rings (SSSR count). The van der Waals surface area contributed by atoms with E-state index in [1.807, 2.05) is 0 Å². The quantitative estimate of drug-likeness (QED) is 0.524. The summed E-state index contributed by atoms with van der Waals surface area (Å²) in [6, 6.07) is 0. The van der Waals surface area contributed by atoms with E-state index < -0.39 is 17.7 Å². The van der Waals surface area contributed by atoms with Gasteiger partial charge in [-0.05, 0) is 26.8 Å². The molecule has 0 spiro atoms. The van der Waals surface area contributed by atoms with E-state index in [4.69, 9.17) is 9.47 Å². The number of nitrogens with zero attached hydrogens (tertiary/aromatic N) is 2. The van der Waals surface area contributed by atoms with Crippen molar-refractivity contribution in [2.75, 3.05) is 12.4 Å². The van der Waals surface area contributed by atoms with Crippen molar-refractivity contribution in [1.82, 2.24) is 9.55 Å². The van der Waals surface area contributed by atoms with Crippen LogP contribution in [0.2, 0.25) is 0 Å². The van der Waals surface area contributed by atoms with Gasteiger partial charge in [-0.25, -0.2) is 19.1 Å². The van der Waals surface area contributed by atoms with Crippen molar-refractivity contribution in [3.8, 4) is 0 Å². The van der Waals surface area contributed by atoms with Crippen molar-refractivity contribution in [2.24, 2.45) is 0 Å². The van der Waals surface area contributed by atoms with Crippen LogP contribution >= 0.6 is 12.6 Å². The van der Waals surface area contributed by atoms with E-state index in [1.165, 1.54) is 29.2 Å². The predicted octanol–water partition coefficient (Wildman–Crippen LogP) is 2.15. The molecule has 0 aromatic carbocycles. The minimum Gasteiger partial charge on any atom is -0.462 e. The Balaban J connectivity index is 2.61. The Morgan fingerprint density at radius 1 is 1.45 bits per heavy atom. The maximum Gasteiger partial charge on any atom is 0.419 e. The monoisotopic (exact) mass is 298 g/mol. The van der Waals surface area contributed by atoms with Crippen molar-refractivity contribution < 1.29 is 19.1 Å². The summed E-state index contributed by atoms with van der Waals surface area (Å²) in [5.41, 5.74) is -0.118. The van der Waals surface area contributed by atoms with Gasteiger partial charge in [0.15, 0.2) is 0 Å². The Kier molecular flexibility index (Phi) is 5.82. The normalized spacial score (nSPS) is 11.6. The zero-order valence-electron chi connectivity index (χ0n) is 11.7. The molecule has 0 aliphatic rings. The number of thiol groups is 1. The fraction of sp³-hybridized carbons (Fsp3) is 0.462. The number of rotatable bonds is 4. The second-order valence-electron chi connectivity index (χ2n) is 4.91. The van der Waals surface area contributed by atoms with Crippen LogP contribution in [0.15, 0.2) is 18.6 Å². The number of esters is 1. The standard InChI is InChI=1S/C13H18N2O4S/c1-13(2,3)19-12(17)15-8-10(14-9-15)4-5-11(16)18-6-7-20/h4-5,8-9,20H,6-7H2,1-3H3/b5-4+. The molecule has 0 amide bonds. The van der Waals surface area contributed by atoms with E-state index in [-0.39, 0.29) is 6.61 Å². The second-order valence-corrected chi connectivity index (χ2v) is 5.36. The van der Waals surface area contributed by atoms with Gasteiger partial charge in [-0.2, -0.15) is 12.6 Å². The third kappa shape index (κ3) is 5.92. The molecule has 0 fully saturated rings. The van der Waals surface area contributed by atoms with Crippen LogP contribution in [0.25, 0.3) is 6.08 Å². The Labute approximate surface area is 123 Å². The second kappa shape index (κ2) is 7.14. The van der Waals surface area contributed by atoms with Crippen LogP contribution in [-0.2, 0) is 14.3 Å². The van der Waals surface area contributed by atoms with Gasteiger partial charge in [0, 0.05) is 18.0 Å². The van der Waals surface area contributed by atoms with E-state index >= 15 is 0 Å². The number of ether oxygens (including phenoxy) is 2. The molecule has 110 valence electrons. The first-order chi connectivity index (χ1) is 9.31. The average Bonchev–Trinajstić information content (AvgIpc) is 2.80. The highest BCUT2D eigenvalue weighted by Gasteiger charge is 2.17. The largest absolute Gasteiger partial charge is 0.462 e. The lowest BCUT2D eigenvalue weighted by Gasteiger charge is -2.18. The van der Waals surface area contributed by atoms with Crippen molar-refractivity contribution in [2.45, 2.75) is 26.4 Å². The first-order valence-corrected chi connectivity index (χ1v) is 6.68. The fourth-order valence-electron chi connectivity index (χ4n) is 1.19. The number of hydrogen-bond donors (Lipinski definition) is 1. The molecule has 1 aromatic heterocycles. The summed E-state index contributed by atoms with van der Waals surface area (Å²) in [4.78, 5) is 26.9. The summed E-state index contributed by atoms with van der Waals surface area (Å²) in [6.45, 7) is 5.58. The Morgan fingerprint density at radius 3 is 2.75 bits per heavy atom. The molecule has 6 nitrogen and oxygen atoms in total. The first kappa shape index (κ1) is 16.3. The Morgan fingerprint density at radius 2 is 2.15 bits per heavy atom. The van der Waals surface area contributed by atoms with Crippen molar-refractivity contribution in [1.29, 1.82) is 0 Å². The van der Waals surface area contributed by atoms with E-state index in [0.717, 1.165) is 0 Å². The number of carbonyl (C=O) groups excluding carboxylic acids is 2. The molecule has 1 heterocycles. The molecule has 0 saturated carbocycles. The Hall–Kier alpha value is -1.76. The first-order valence-electron chi connectivity index (χ1n) is 6.05. The van der Waals surface area contributed by atoms with Gasteiger partial charge < -0.3 is 9.47 Å².